The van der Waals surface area contributed by atoms with Crippen molar-refractivity contribution < 1.29 is 9.53 Å². The second kappa shape index (κ2) is 6.95. The van der Waals surface area contributed by atoms with Gasteiger partial charge in [-0.3, -0.25) is 4.79 Å². The maximum Gasteiger partial charge on any atom is 0.153 e. The van der Waals surface area contributed by atoms with Crippen molar-refractivity contribution in [2.75, 3.05) is 7.11 Å². The molecule has 2 N–H and O–H groups in total. The summed E-state index contributed by atoms with van der Waals surface area (Å²) in [5.41, 5.74) is 10.4. The molecule has 1 unspecified atom stereocenters. The van der Waals surface area contributed by atoms with Gasteiger partial charge in [0, 0.05) is 12.0 Å². The van der Waals surface area contributed by atoms with E-state index >= 15 is 0 Å². The number of benzene rings is 2. The summed E-state index contributed by atoms with van der Waals surface area (Å²) in [5.74, 6) is 0.947. The molecular formula is C18H20ClNO2. The Balaban J connectivity index is 0.00000176. The number of methoxy groups -OCH3 is 1. The van der Waals surface area contributed by atoms with Gasteiger partial charge in [0.2, 0.25) is 0 Å². The average molecular weight is 318 g/mol. The normalized spacial score (nSPS) is 17.2. The topological polar surface area (TPSA) is 52.3 Å². The summed E-state index contributed by atoms with van der Waals surface area (Å²) in [6, 6.07) is 13.8. The molecule has 1 aliphatic carbocycles. The first-order valence-electron chi connectivity index (χ1n) is 7.23. The number of Topliss-reactive ketones (excluding diaryl/α,β-unsaturated/α-hetero) is 1. The van der Waals surface area contributed by atoms with E-state index in [1.807, 2.05) is 30.3 Å². The third-order valence-corrected chi connectivity index (χ3v) is 4.16. The number of aryl methyl sites for hydroxylation is 1. The van der Waals surface area contributed by atoms with Crippen LogP contribution in [0.3, 0.4) is 0 Å². The third kappa shape index (κ3) is 3.01. The van der Waals surface area contributed by atoms with Crippen LogP contribution in [0.1, 0.15) is 17.5 Å². The van der Waals surface area contributed by atoms with Gasteiger partial charge in [0.1, 0.15) is 5.75 Å². The molecular weight excluding hydrogens is 298 g/mol. The molecule has 2 aromatic carbocycles. The minimum Gasteiger partial charge on any atom is -0.496 e. The predicted molar refractivity (Wildman–Crippen MR) is 90.7 cm³/mol. The van der Waals surface area contributed by atoms with Gasteiger partial charge in [0.25, 0.3) is 0 Å². The molecule has 0 saturated heterocycles. The molecule has 4 heteroatoms. The fraction of sp³-hybridized carbons (Fsp3) is 0.278. The van der Waals surface area contributed by atoms with E-state index in [2.05, 4.69) is 12.1 Å². The summed E-state index contributed by atoms with van der Waals surface area (Å²) in [6.07, 6.45) is 1.98. The number of carbonyl (C=O) groups is 1. The number of ether oxygens (including phenoxy) is 1. The van der Waals surface area contributed by atoms with E-state index in [-0.39, 0.29) is 24.2 Å². The summed E-state index contributed by atoms with van der Waals surface area (Å²) in [4.78, 5) is 12.2. The Morgan fingerprint density at radius 3 is 2.59 bits per heavy atom. The standard InChI is InChI=1S/C18H19NO2.ClH/c1-21-18-8-3-2-6-14(18)13-7-4-5-12-9-10-16(19)17(20)11-15(12)13;/h2-8,16H,9-11,19H2,1H3;1H. The summed E-state index contributed by atoms with van der Waals surface area (Å²) in [5, 5.41) is 0. The minimum atomic E-state index is -0.345. The summed E-state index contributed by atoms with van der Waals surface area (Å²) >= 11 is 0. The molecule has 116 valence electrons. The Bertz CT molecular complexity index is 685. The SMILES string of the molecule is COc1ccccc1-c1cccc2c1CC(=O)C(N)CC2.Cl. The smallest absolute Gasteiger partial charge is 0.153 e. The number of carbonyl (C=O) groups excluding carboxylic acids is 1. The Morgan fingerprint density at radius 1 is 1.09 bits per heavy atom. The first-order chi connectivity index (χ1) is 10.2. The molecule has 2 aromatic rings. The molecule has 0 aromatic heterocycles. The number of ketones is 1. The summed E-state index contributed by atoms with van der Waals surface area (Å²) < 4.78 is 5.46. The fourth-order valence-corrected chi connectivity index (χ4v) is 2.97. The lowest BCUT2D eigenvalue weighted by molar-refractivity contribution is -0.119. The molecule has 3 nitrogen and oxygen atoms in total. The first kappa shape index (κ1) is 16.5. The third-order valence-electron chi connectivity index (χ3n) is 4.16. The van der Waals surface area contributed by atoms with Crippen molar-refractivity contribution >= 4 is 18.2 Å². The number of hydrogen-bond donors (Lipinski definition) is 1. The Hall–Kier alpha value is -1.84. The molecule has 0 spiro atoms. The molecule has 0 bridgehead atoms. The van der Waals surface area contributed by atoms with Crippen molar-refractivity contribution in [2.24, 2.45) is 5.73 Å². The van der Waals surface area contributed by atoms with Crippen LogP contribution in [-0.4, -0.2) is 18.9 Å². The van der Waals surface area contributed by atoms with Crippen LogP contribution in [-0.2, 0) is 17.6 Å². The van der Waals surface area contributed by atoms with Gasteiger partial charge in [-0.05, 0) is 35.6 Å². The molecule has 0 heterocycles. The lowest BCUT2D eigenvalue weighted by Gasteiger charge is -2.14. The second-order valence-electron chi connectivity index (χ2n) is 5.43. The van der Waals surface area contributed by atoms with Crippen molar-refractivity contribution in [1.29, 1.82) is 0 Å². The number of para-hydroxylation sites is 1. The van der Waals surface area contributed by atoms with E-state index in [0.717, 1.165) is 35.3 Å². The van der Waals surface area contributed by atoms with Gasteiger partial charge in [0.15, 0.2) is 5.78 Å². The van der Waals surface area contributed by atoms with Crippen molar-refractivity contribution in [3.63, 3.8) is 0 Å². The van der Waals surface area contributed by atoms with E-state index in [1.54, 1.807) is 7.11 Å². The zero-order valence-electron chi connectivity index (χ0n) is 12.5. The Kier molecular flexibility index (Phi) is 5.22. The zero-order chi connectivity index (χ0) is 14.8. The summed E-state index contributed by atoms with van der Waals surface area (Å²) in [7, 11) is 1.67. The maximum absolute atomic E-state index is 12.2. The van der Waals surface area contributed by atoms with Gasteiger partial charge in [-0.25, -0.2) is 0 Å². The minimum absolute atomic E-state index is 0. The molecule has 1 aliphatic rings. The van der Waals surface area contributed by atoms with Crippen molar-refractivity contribution in [3.05, 3.63) is 53.6 Å². The highest BCUT2D eigenvalue weighted by atomic mass is 35.5. The van der Waals surface area contributed by atoms with E-state index in [4.69, 9.17) is 10.5 Å². The fourth-order valence-electron chi connectivity index (χ4n) is 2.97. The highest BCUT2D eigenvalue weighted by Crippen LogP contribution is 2.35. The van der Waals surface area contributed by atoms with Gasteiger partial charge in [-0.2, -0.15) is 0 Å². The average Bonchev–Trinajstić information content (AvgIpc) is 2.66. The van der Waals surface area contributed by atoms with E-state index < -0.39 is 0 Å². The van der Waals surface area contributed by atoms with Crippen molar-refractivity contribution in [1.82, 2.24) is 0 Å². The highest BCUT2D eigenvalue weighted by molar-refractivity contribution is 5.89. The van der Waals surface area contributed by atoms with Gasteiger partial charge < -0.3 is 10.5 Å². The van der Waals surface area contributed by atoms with Crippen molar-refractivity contribution in [2.45, 2.75) is 25.3 Å². The molecule has 0 aliphatic heterocycles. The number of halogens is 1. The van der Waals surface area contributed by atoms with Crippen LogP contribution >= 0.6 is 12.4 Å². The van der Waals surface area contributed by atoms with Crippen molar-refractivity contribution in [3.8, 4) is 16.9 Å². The highest BCUT2D eigenvalue weighted by Gasteiger charge is 2.23. The molecule has 0 saturated carbocycles. The lowest BCUT2D eigenvalue weighted by atomic mass is 9.92. The number of nitrogens with two attached hydrogens (primary N) is 1. The molecule has 3 rings (SSSR count). The second-order valence-corrected chi connectivity index (χ2v) is 5.43. The number of hydrogen-bond acceptors (Lipinski definition) is 3. The molecule has 1 atom stereocenters. The molecule has 0 amide bonds. The van der Waals surface area contributed by atoms with Gasteiger partial charge in [-0.15, -0.1) is 12.4 Å². The predicted octanol–water partition coefficient (Wildman–Crippen LogP) is 3.17. The molecule has 0 fully saturated rings. The van der Waals surface area contributed by atoms with Crippen LogP contribution < -0.4 is 10.5 Å². The van der Waals surface area contributed by atoms with Gasteiger partial charge in [0.05, 0.1) is 13.2 Å². The van der Waals surface area contributed by atoms with Gasteiger partial charge in [-0.1, -0.05) is 36.4 Å². The zero-order valence-corrected chi connectivity index (χ0v) is 13.4. The first-order valence-corrected chi connectivity index (χ1v) is 7.23. The summed E-state index contributed by atoms with van der Waals surface area (Å²) in [6.45, 7) is 0. The number of fused-ring (bicyclic) bond motifs is 1. The van der Waals surface area contributed by atoms with Crippen LogP contribution in [0.15, 0.2) is 42.5 Å². The molecule has 0 radical (unpaired) electrons. The van der Waals surface area contributed by atoms with E-state index in [9.17, 15) is 4.79 Å². The largest absolute Gasteiger partial charge is 0.496 e. The van der Waals surface area contributed by atoms with Crippen LogP contribution in [0.25, 0.3) is 11.1 Å². The maximum atomic E-state index is 12.2. The monoisotopic (exact) mass is 317 g/mol. The van der Waals surface area contributed by atoms with Crippen LogP contribution in [0.5, 0.6) is 5.75 Å². The number of rotatable bonds is 2. The van der Waals surface area contributed by atoms with Crippen LogP contribution in [0.2, 0.25) is 0 Å². The Labute approximate surface area is 136 Å². The molecule has 22 heavy (non-hydrogen) atoms. The van der Waals surface area contributed by atoms with E-state index in [0.29, 0.717) is 6.42 Å². The van der Waals surface area contributed by atoms with Crippen LogP contribution in [0, 0.1) is 0 Å². The lowest BCUT2D eigenvalue weighted by Crippen LogP contribution is -2.30. The van der Waals surface area contributed by atoms with Crippen LogP contribution in [0.4, 0.5) is 0 Å². The van der Waals surface area contributed by atoms with E-state index in [1.165, 1.54) is 5.56 Å². The Morgan fingerprint density at radius 2 is 1.82 bits per heavy atom. The van der Waals surface area contributed by atoms with Gasteiger partial charge >= 0.3 is 0 Å². The quantitative estimate of drug-likeness (QED) is 0.866.